The average Bonchev–Trinajstić information content (AvgIpc) is 3.54. The van der Waals surface area contributed by atoms with Crippen molar-refractivity contribution in [2.24, 2.45) is 5.73 Å². The van der Waals surface area contributed by atoms with Crippen LogP contribution in [0.4, 0.5) is 0 Å². The Morgan fingerprint density at radius 3 is 2.36 bits per heavy atom. The van der Waals surface area contributed by atoms with Gasteiger partial charge in [0.1, 0.15) is 0 Å². The topological polar surface area (TPSA) is 41.8 Å². The van der Waals surface area contributed by atoms with Gasteiger partial charge in [-0.3, -0.25) is 0 Å². The maximum atomic E-state index is 6.83. The monoisotopic (exact) mass is 596 g/mol. The van der Waals surface area contributed by atoms with Crippen LogP contribution in [0.1, 0.15) is 60.6 Å². The van der Waals surface area contributed by atoms with Gasteiger partial charge in [-0.25, -0.2) is 0 Å². The quantitative estimate of drug-likeness (QED) is 0.131. The molecule has 1 aliphatic rings. The van der Waals surface area contributed by atoms with Crippen LogP contribution in [0.5, 0.6) is 0 Å². The van der Waals surface area contributed by atoms with Gasteiger partial charge in [-0.15, -0.1) is 0 Å². The van der Waals surface area contributed by atoms with Crippen molar-refractivity contribution in [2.75, 3.05) is 6.66 Å². The van der Waals surface area contributed by atoms with Gasteiger partial charge in [-0.2, -0.15) is 0 Å². The molecule has 0 saturated heterocycles. The molecule has 1 aliphatic carbocycles. The third kappa shape index (κ3) is 6.88. The summed E-state index contributed by atoms with van der Waals surface area (Å²) in [6.07, 6.45) is 19.6. The number of hydrogen-bond acceptors (Lipinski definition) is 1. The van der Waals surface area contributed by atoms with Crippen LogP contribution >= 0.6 is 7.26 Å². The summed E-state index contributed by atoms with van der Waals surface area (Å²) in [5, 5.41) is 2.79. The van der Waals surface area contributed by atoms with Crippen molar-refractivity contribution in [3.63, 3.8) is 0 Å². The van der Waals surface area contributed by atoms with E-state index in [1.165, 1.54) is 44.1 Å². The van der Waals surface area contributed by atoms with Crippen LogP contribution in [0.15, 0.2) is 151 Å². The number of nitrogens with one attached hydrogen (secondary N) is 1. The first-order valence-corrected chi connectivity index (χ1v) is 18.3. The molecule has 0 spiro atoms. The average molecular weight is 597 g/mol. The summed E-state index contributed by atoms with van der Waals surface area (Å²) in [7, 11) is -2.08. The summed E-state index contributed by atoms with van der Waals surface area (Å²) < 4.78 is 0. The van der Waals surface area contributed by atoms with E-state index in [1.54, 1.807) is 0 Å². The van der Waals surface area contributed by atoms with Crippen molar-refractivity contribution in [2.45, 2.75) is 39.0 Å². The molecular formula is C41H45N2P. The van der Waals surface area contributed by atoms with Crippen molar-refractivity contribution in [3.8, 4) is 0 Å². The van der Waals surface area contributed by atoms with Gasteiger partial charge < -0.3 is 4.98 Å². The zero-order valence-electron chi connectivity index (χ0n) is 26.3. The Kier molecular flexibility index (Phi) is 10.2. The second-order valence-electron chi connectivity index (χ2n) is 11.8. The van der Waals surface area contributed by atoms with Crippen molar-refractivity contribution in [1.29, 1.82) is 0 Å². The predicted molar refractivity (Wildman–Crippen MR) is 196 cm³/mol. The summed E-state index contributed by atoms with van der Waals surface area (Å²) in [6.45, 7) is 10.7. The van der Waals surface area contributed by atoms with Gasteiger partial charge in [0, 0.05) is 6.20 Å². The summed E-state index contributed by atoms with van der Waals surface area (Å²) in [5.74, 6) is 2.68. The van der Waals surface area contributed by atoms with Crippen LogP contribution in [0.2, 0.25) is 0 Å². The van der Waals surface area contributed by atoms with Gasteiger partial charge in [0.25, 0.3) is 0 Å². The fourth-order valence-corrected chi connectivity index (χ4v) is 9.12. The molecule has 2 nitrogen and oxygen atoms in total. The molecule has 4 aromatic rings. The van der Waals surface area contributed by atoms with Crippen molar-refractivity contribution in [1.82, 2.24) is 4.98 Å². The zero-order valence-corrected chi connectivity index (χ0v) is 27.3. The summed E-state index contributed by atoms with van der Waals surface area (Å²) in [6, 6.07) is 31.1. The minimum absolute atomic E-state index is 0.276. The van der Waals surface area contributed by atoms with E-state index in [0.717, 1.165) is 30.5 Å². The Morgan fingerprint density at radius 1 is 0.886 bits per heavy atom. The number of aromatic nitrogens is 1. The molecule has 0 aliphatic heterocycles. The van der Waals surface area contributed by atoms with E-state index >= 15 is 0 Å². The number of aromatic amines is 1. The fraction of sp³-hybridized carbons (Fsp3) is 0.171. The number of hydrogen-bond donors (Lipinski definition) is 2. The van der Waals surface area contributed by atoms with Gasteiger partial charge >= 0.3 is 242 Å². The Balaban J connectivity index is 1.48. The molecule has 0 fully saturated rings. The van der Waals surface area contributed by atoms with Crippen LogP contribution in [-0.4, -0.2) is 11.6 Å². The summed E-state index contributed by atoms with van der Waals surface area (Å²) in [5.41, 5.74) is 16.5. The van der Waals surface area contributed by atoms with Crippen LogP contribution < -0.4 is 16.3 Å². The van der Waals surface area contributed by atoms with Gasteiger partial charge in [-0.05, 0) is 11.6 Å². The van der Waals surface area contributed by atoms with Crippen LogP contribution in [0.3, 0.4) is 0 Å². The van der Waals surface area contributed by atoms with E-state index in [9.17, 15) is 0 Å². The molecule has 3 aromatic carbocycles. The number of benzene rings is 3. The van der Waals surface area contributed by atoms with Gasteiger partial charge in [0.15, 0.2) is 0 Å². The Bertz CT molecular complexity index is 1730. The third-order valence-electron chi connectivity index (χ3n) is 8.79. The first-order valence-electron chi connectivity index (χ1n) is 15.7. The molecule has 3 N–H and O–H groups in total. The number of nitrogens with two attached hydrogens (primary N) is 1. The molecule has 5 rings (SSSR count). The van der Waals surface area contributed by atoms with Gasteiger partial charge in [-0.1, -0.05) is 0 Å². The van der Waals surface area contributed by atoms with E-state index in [4.69, 9.17) is 5.73 Å². The number of rotatable bonds is 11. The van der Waals surface area contributed by atoms with Crippen molar-refractivity contribution in [3.05, 3.63) is 179 Å². The molecule has 44 heavy (non-hydrogen) atoms. The van der Waals surface area contributed by atoms with Gasteiger partial charge in [0.05, 0.1) is 0 Å². The Morgan fingerprint density at radius 2 is 1.61 bits per heavy atom. The van der Waals surface area contributed by atoms with E-state index in [1.807, 2.05) is 18.3 Å². The fourth-order valence-electron chi connectivity index (χ4n) is 6.16. The number of fused-ring (bicyclic) bond motifs is 1. The Hall–Kier alpha value is -4.39. The van der Waals surface area contributed by atoms with Gasteiger partial charge in [0.2, 0.25) is 0 Å². The molecule has 1 unspecified atom stereocenters. The molecule has 0 amide bonds. The maximum absolute atomic E-state index is 6.83. The van der Waals surface area contributed by atoms with Crippen LogP contribution in [0, 0.1) is 0 Å². The second kappa shape index (κ2) is 14.4. The summed E-state index contributed by atoms with van der Waals surface area (Å²) in [4.78, 5) is 3.44. The molecule has 1 atom stereocenters. The van der Waals surface area contributed by atoms with E-state index in [-0.39, 0.29) is 5.92 Å². The van der Waals surface area contributed by atoms with Crippen LogP contribution in [0.25, 0.3) is 11.6 Å². The molecular weight excluding hydrogens is 551 g/mol. The molecule has 3 heteroatoms. The second-order valence-corrected chi connectivity index (χ2v) is 15.7. The van der Waals surface area contributed by atoms with Crippen molar-refractivity contribution < 1.29 is 0 Å². The predicted octanol–water partition coefficient (Wildman–Crippen LogP) is 9.42. The number of allylic oxidation sites excluding steroid dienone is 9. The standard InChI is InChI=1S/C41H45N2P/c1-5-7-8-14-28-44(4,36-17-10-9-11-18-36)37-24-20-32(21-25-37)29-35-16-12-13-19-38(35)39(40(42)15-6-2)30-34-23-22-33-26-27-43-41(33)31(34)3/h5,7-14,16-28,30-31,43-44H,1,6,15,29,42H2,2-4H3/b8-7-,28-14-,34-30-,40-39-. The molecule has 0 bridgehead atoms. The zero-order chi connectivity index (χ0) is 30.9. The third-order valence-corrected chi connectivity index (χ3v) is 12.7. The SMILES string of the molecule is C=C/C=C\C=C/[PH](C)(c1ccccc1)c1ccc(Cc2ccccc2C(/C=C2/C=Cc3cc[nH]c3C2C)=C(\N)CCC)cc1. The first kappa shape index (κ1) is 31.0. The van der Waals surface area contributed by atoms with E-state index < -0.39 is 7.26 Å². The minimum atomic E-state index is -2.08. The Labute approximate surface area is 264 Å². The molecule has 1 aromatic heterocycles. The number of H-pyrrole nitrogens is 1. The molecule has 224 valence electrons. The normalized spacial score (nSPS) is 16.8. The van der Waals surface area contributed by atoms with Crippen LogP contribution in [-0.2, 0) is 6.42 Å². The first-order chi connectivity index (χ1) is 21.4. The molecule has 1 heterocycles. The van der Waals surface area contributed by atoms with Crippen molar-refractivity contribution >= 4 is 29.5 Å². The molecule has 0 radical (unpaired) electrons. The molecule has 0 saturated carbocycles. The van der Waals surface area contributed by atoms with E-state index in [2.05, 4.69) is 153 Å². The summed E-state index contributed by atoms with van der Waals surface area (Å²) >= 11 is 0. The van der Waals surface area contributed by atoms with E-state index in [0.29, 0.717) is 0 Å².